The summed E-state index contributed by atoms with van der Waals surface area (Å²) in [5, 5.41) is 11.0. The van der Waals surface area contributed by atoms with E-state index in [-0.39, 0.29) is 17.7 Å². The molecule has 0 atom stereocenters. The molecule has 7 nitrogen and oxygen atoms in total. The molecule has 4 amide bonds. The molecule has 7 heteroatoms. The van der Waals surface area contributed by atoms with Crippen molar-refractivity contribution in [1.82, 2.24) is 10.2 Å². The van der Waals surface area contributed by atoms with Gasteiger partial charge in [-0.25, -0.2) is 9.59 Å². The van der Waals surface area contributed by atoms with Crippen LogP contribution in [0.3, 0.4) is 0 Å². The van der Waals surface area contributed by atoms with E-state index in [0.717, 1.165) is 11.3 Å². The monoisotopic (exact) mass is 316 g/mol. The van der Waals surface area contributed by atoms with E-state index in [1.807, 2.05) is 6.92 Å². The molecule has 1 heterocycles. The fourth-order valence-electron chi connectivity index (χ4n) is 2.10. The van der Waals surface area contributed by atoms with Gasteiger partial charge in [0.15, 0.2) is 0 Å². The summed E-state index contributed by atoms with van der Waals surface area (Å²) in [6.45, 7) is 2.17. The third-order valence-corrected chi connectivity index (χ3v) is 3.39. The molecule has 0 radical (unpaired) electrons. The van der Waals surface area contributed by atoms with Gasteiger partial charge < -0.3 is 5.11 Å². The average molecular weight is 316 g/mol. The van der Waals surface area contributed by atoms with Gasteiger partial charge in [-0.05, 0) is 30.2 Å². The molecule has 1 saturated heterocycles. The van der Waals surface area contributed by atoms with Gasteiger partial charge in [0.1, 0.15) is 5.57 Å². The largest absolute Gasteiger partial charge is 0.478 e. The number of amides is 4. The molecule has 0 bridgehead atoms. The fraction of sp³-hybridized carbons (Fsp3) is 0.250. The Morgan fingerprint density at radius 1 is 1.22 bits per heavy atom. The number of carboxylic acids is 1. The predicted molar refractivity (Wildman–Crippen MR) is 81.5 cm³/mol. The first-order chi connectivity index (χ1) is 10.9. The minimum absolute atomic E-state index is 0.103. The van der Waals surface area contributed by atoms with E-state index in [4.69, 9.17) is 5.11 Å². The second-order valence-electron chi connectivity index (χ2n) is 5.05. The van der Waals surface area contributed by atoms with Crippen LogP contribution in [0.1, 0.15) is 35.7 Å². The number of barbiturate groups is 1. The second kappa shape index (κ2) is 6.87. The number of aromatic carboxylic acids is 1. The lowest BCUT2D eigenvalue weighted by atomic mass is 10.1. The van der Waals surface area contributed by atoms with Gasteiger partial charge in [-0.1, -0.05) is 25.5 Å². The molecule has 0 unspecified atom stereocenters. The number of carbonyl (C=O) groups is 4. The summed E-state index contributed by atoms with van der Waals surface area (Å²) in [5.74, 6) is -2.46. The third kappa shape index (κ3) is 3.63. The van der Waals surface area contributed by atoms with Crippen LogP contribution in [-0.2, 0) is 9.59 Å². The first-order valence-corrected chi connectivity index (χ1v) is 7.16. The number of rotatable bonds is 5. The van der Waals surface area contributed by atoms with Crippen molar-refractivity contribution in [2.75, 3.05) is 6.54 Å². The average Bonchev–Trinajstić information content (AvgIpc) is 2.51. The highest BCUT2D eigenvalue weighted by Gasteiger charge is 2.35. The van der Waals surface area contributed by atoms with Crippen molar-refractivity contribution in [3.05, 3.63) is 41.0 Å². The third-order valence-electron chi connectivity index (χ3n) is 3.39. The number of urea groups is 1. The highest BCUT2D eigenvalue weighted by molar-refractivity contribution is 6.31. The summed E-state index contributed by atoms with van der Waals surface area (Å²) in [5.41, 5.74) is 0.452. The van der Waals surface area contributed by atoms with Crippen LogP contribution in [0.2, 0.25) is 0 Å². The Morgan fingerprint density at radius 3 is 2.43 bits per heavy atom. The molecule has 0 saturated carbocycles. The van der Waals surface area contributed by atoms with E-state index in [9.17, 15) is 19.2 Å². The Kier molecular flexibility index (Phi) is 4.90. The van der Waals surface area contributed by atoms with Gasteiger partial charge in [-0.3, -0.25) is 19.8 Å². The number of nitrogens with one attached hydrogen (secondary N) is 1. The molecule has 1 aliphatic rings. The summed E-state index contributed by atoms with van der Waals surface area (Å²) in [6, 6.07) is 5.01. The van der Waals surface area contributed by atoms with Crippen molar-refractivity contribution >= 4 is 29.9 Å². The van der Waals surface area contributed by atoms with Crippen molar-refractivity contribution in [3.8, 4) is 0 Å². The molecule has 120 valence electrons. The summed E-state index contributed by atoms with van der Waals surface area (Å²) in [4.78, 5) is 47.7. The Balaban J connectivity index is 2.28. The molecule has 2 N–H and O–H groups in total. The Morgan fingerprint density at radius 2 is 1.87 bits per heavy atom. The normalized spacial score (nSPS) is 16.7. The van der Waals surface area contributed by atoms with Gasteiger partial charge in [0, 0.05) is 6.54 Å². The number of nitrogens with zero attached hydrogens (tertiary/aromatic N) is 1. The van der Waals surface area contributed by atoms with Crippen molar-refractivity contribution < 1.29 is 24.3 Å². The minimum Gasteiger partial charge on any atom is -0.478 e. The van der Waals surface area contributed by atoms with Crippen molar-refractivity contribution in [3.63, 3.8) is 0 Å². The summed E-state index contributed by atoms with van der Waals surface area (Å²) in [6.07, 6.45) is 2.79. The second-order valence-corrected chi connectivity index (χ2v) is 5.05. The number of hydrogen-bond acceptors (Lipinski definition) is 4. The molecule has 23 heavy (non-hydrogen) atoms. The van der Waals surface area contributed by atoms with Gasteiger partial charge in [0.2, 0.25) is 0 Å². The highest BCUT2D eigenvalue weighted by Crippen LogP contribution is 2.15. The van der Waals surface area contributed by atoms with E-state index in [2.05, 4.69) is 5.32 Å². The van der Waals surface area contributed by atoms with Crippen LogP contribution in [0.15, 0.2) is 29.8 Å². The number of imide groups is 2. The summed E-state index contributed by atoms with van der Waals surface area (Å²) < 4.78 is 0. The van der Waals surface area contributed by atoms with Crippen molar-refractivity contribution in [1.29, 1.82) is 0 Å². The molecule has 1 aromatic rings. The van der Waals surface area contributed by atoms with Crippen molar-refractivity contribution in [2.24, 2.45) is 0 Å². The smallest absolute Gasteiger partial charge is 0.335 e. The van der Waals surface area contributed by atoms with E-state index in [1.54, 1.807) is 0 Å². The van der Waals surface area contributed by atoms with Crippen LogP contribution in [0, 0.1) is 0 Å². The van der Waals surface area contributed by atoms with Crippen LogP contribution in [0.25, 0.3) is 6.08 Å². The standard InChI is InChI=1S/C16H16N2O5/c1-2-3-8-18-14(20)12(13(19)17-16(18)23)9-10-4-6-11(7-5-10)15(21)22/h4-7,9H,2-3,8H2,1H3,(H,21,22)(H,17,19,23)/b12-9-. The van der Waals surface area contributed by atoms with Gasteiger partial charge in [-0.2, -0.15) is 0 Å². The number of hydrogen-bond donors (Lipinski definition) is 2. The topological polar surface area (TPSA) is 104 Å². The molecule has 0 spiro atoms. The summed E-state index contributed by atoms with van der Waals surface area (Å²) in [7, 11) is 0. The molecule has 0 aliphatic carbocycles. The molecule has 1 aromatic carbocycles. The molecular formula is C16H16N2O5. The zero-order valence-electron chi connectivity index (χ0n) is 12.5. The zero-order chi connectivity index (χ0) is 17.0. The lowest BCUT2D eigenvalue weighted by Gasteiger charge is -2.26. The molecule has 1 fully saturated rings. The van der Waals surface area contributed by atoms with E-state index < -0.39 is 23.8 Å². The van der Waals surface area contributed by atoms with Gasteiger partial charge in [-0.15, -0.1) is 0 Å². The Bertz CT molecular complexity index is 691. The Hall–Kier alpha value is -2.96. The lowest BCUT2D eigenvalue weighted by Crippen LogP contribution is -2.54. The maximum atomic E-state index is 12.3. The van der Waals surface area contributed by atoms with Gasteiger partial charge in [0.25, 0.3) is 11.8 Å². The SMILES string of the molecule is CCCCN1C(=O)NC(=O)/C(=C/c2ccc(C(=O)O)cc2)C1=O. The fourth-order valence-corrected chi connectivity index (χ4v) is 2.10. The predicted octanol–water partition coefficient (Wildman–Crippen LogP) is 1.65. The molecule has 1 aliphatic heterocycles. The quantitative estimate of drug-likeness (QED) is 0.635. The number of carbonyl (C=O) groups excluding carboxylic acids is 3. The van der Waals surface area contributed by atoms with E-state index >= 15 is 0 Å². The van der Waals surface area contributed by atoms with Gasteiger partial charge in [0.05, 0.1) is 5.56 Å². The zero-order valence-corrected chi connectivity index (χ0v) is 12.5. The number of unbranched alkanes of at least 4 members (excludes halogenated alkanes) is 1. The minimum atomic E-state index is -1.06. The van der Waals surface area contributed by atoms with Crippen LogP contribution in [-0.4, -0.2) is 40.4 Å². The molecular weight excluding hydrogens is 300 g/mol. The molecule has 2 rings (SSSR count). The first-order valence-electron chi connectivity index (χ1n) is 7.16. The van der Waals surface area contributed by atoms with E-state index in [0.29, 0.717) is 12.0 Å². The lowest BCUT2D eigenvalue weighted by molar-refractivity contribution is -0.130. The van der Waals surface area contributed by atoms with E-state index in [1.165, 1.54) is 30.3 Å². The number of benzene rings is 1. The van der Waals surface area contributed by atoms with Crippen LogP contribution in [0.4, 0.5) is 4.79 Å². The molecule has 0 aromatic heterocycles. The van der Waals surface area contributed by atoms with Crippen LogP contribution >= 0.6 is 0 Å². The maximum Gasteiger partial charge on any atom is 0.335 e. The Labute approximate surface area is 132 Å². The van der Waals surface area contributed by atoms with Crippen LogP contribution < -0.4 is 5.32 Å². The summed E-state index contributed by atoms with van der Waals surface area (Å²) >= 11 is 0. The highest BCUT2D eigenvalue weighted by atomic mass is 16.4. The first kappa shape index (κ1) is 16.4. The number of carboxylic acid groups (broad SMARTS) is 1. The van der Waals surface area contributed by atoms with Crippen molar-refractivity contribution in [2.45, 2.75) is 19.8 Å². The maximum absolute atomic E-state index is 12.3. The van der Waals surface area contributed by atoms with Crippen LogP contribution in [0.5, 0.6) is 0 Å². The van der Waals surface area contributed by atoms with Gasteiger partial charge >= 0.3 is 12.0 Å².